The van der Waals surface area contributed by atoms with Crippen molar-refractivity contribution in [3.8, 4) is 11.5 Å². The zero-order valence-corrected chi connectivity index (χ0v) is 12.6. The van der Waals surface area contributed by atoms with Crippen molar-refractivity contribution in [2.75, 3.05) is 13.2 Å². The molecule has 0 unspecified atom stereocenters. The molecule has 0 heterocycles. The molecular weight excluding hydrogens is 314 g/mol. The first-order valence-corrected chi connectivity index (χ1v) is 7.06. The number of hydrogen-bond acceptors (Lipinski definition) is 5. The molecule has 2 rings (SSSR count). The maximum absolute atomic E-state index is 11.1. The number of hydrogen-bond donors (Lipinski definition) is 1. The molecule has 7 heteroatoms. The van der Waals surface area contributed by atoms with Gasteiger partial charge >= 0.3 is 11.7 Å². The first kappa shape index (κ1) is 17.0. The summed E-state index contributed by atoms with van der Waals surface area (Å²) in [4.78, 5) is 21.0. The normalized spacial score (nSPS) is 10.5. The van der Waals surface area contributed by atoms with Crippen LogP contribution in [0.15, 0.2) is 54.6 Å². The zero-order chi connectivity index (χ0) is 17.4. The number of carboxylic acid groups (broad SMARTS) is 1. The highest BCUT2D eigenvalue weighted by Crippen LogP contribution is 2.28. The number of rotatable bonds is 8. The molecule has 0 radical (unpaired) electrons. The fraction of sp³-hybridized carbons (Fsp3) is 0.118. The highest BCUT2D eigenvalue weighted by Gasteiger charge is 2.15. The largest absolute Gasteiger partial charge is 0.490 e. The zero-order valence-electron chi connectivity index (χ0n) is 12.6. The van der Waals surface area contributed by atoms with Gasteiger partial charge in [-0.25, -0.2) is 4.79 Å². The van der Waals surface area contributed by atoms with E-state index in [0.717, 1.165) is 6.08 Å². The second kappa shape index (κ2) is 8.33. The van der Waals surface area contributed by atoms with Gasteiger partial charge in [0, 0.05) is 12.1 Å². The van der Waals surface area contributed by atoms with E-state index in [4.69, 9.17) is 14.6 Å². The quantitative estimate of drug-likeness (QED) is 0.346. The average molecular weight is 329 g/mol. The van der Waals surface area contributed by atoms with Crippen LogP contribution in [0.2, 0.25) is 0 Å². The minimum atomic E-state index is -1.13. The van der Waals surface area contributed by atoms with Crippen LogP contribution in [0.1, 0.15) is 5.56 Å². The first-order chi connectivity index (χ1) is 11.6. The van der Waals surface area contributed by atoms with Crippen molar-refractivity contribution in [2.24, 2.45) is 0 Å². The molecule has 0 saturated carbocycles. The molecule has 2 aromatic carbocycles. The van der Waals surface area contributed by atoms with Gasteiger partial charge in [0.25, 0.3) is 0 Å². The van der Waals surface area contributed by atoms with Gasteiger partial charge in [-0.3, -0.25) is 10.1 Å². The Hall–Kier alpha value is -3.35. The number of ether oxygens (including phenoxy) is 2. The van der Waals surface area contributed by atoms with Crippen LogP contribution >= 0.6 is 0 Å². The van der Waals surface area contributed by atoms with Crippen molar-refractivity contribution in [3.05, 3.63) is 70.3 Å². The van der Waals surface area contributed by atoms with Crippen molar-refractivity contribution in [3.63, 3.8) is 0 Å². The molecule has 0 fully saturated rings. The maximum atomic E-state index is 11.1. The van der Waals surface area contributed by atoms with Gasteiger partial charge in [-0.1, -0.05) is 24.3 Å². The number of nitro groups is 1. The van der Waals surface area contributed by atoms with Crippen molar-refractivity contribution in [1.82, 2.24) is 0 Å². The lowest BCUT2D eigenvalue weighted by Crippen LogP contribution is -2.10. The summed E-state index contributed by atoms with van der Waals surface area (Å²) >= 11 is 0. The monoisotopic (exact) mass is 329 g/mol. The van der Waals surface area contributed by atoms with Crippen molar-refractivity contribution in [2.45, 2.75) is 0 Å². The topological polar surface area (TPSA) is 98.9 Å². The summed E-state index contributed by atoms with van der Waals surface area (Å²) in [5, 5.41) is 19.7. The van der Waals surface area contributed by atoms with E-state index >= 15 is 0 Å². The molecule has 0 spiro atoms. The number of carbonyl (C=O) groups is 1. The fourth-order valence-corrected chi connectivity index (χ4v) is 1.90. The van der Waals surface area contributed by atoms with E-state index in [2.05, 4.69) is 0 Å². The lowest BCUT2D eigenvalue weighted by Gasteiger charge is -2.09. The third-order valence-electron chi connectivity index (χ3n) is 2.95. The second-order valence-electron chi connectivity index (χ2n) is 4.67. The molecule has 0 bridgehead atoms. The van der Waals surface area contributed by atoms with Gasteiger partial charge in [0.1, 0.15) is 19.0 Å². The smallest absolute Gasteiger partial charge is 0.328 e. The van der Waals surface area contributed by atoms with E-state index in [0.29, 0.717) is 11.3 Å². The van der Waals surface area contributed by atoms with Crippen LogP contribution in [0.4, 0.5) is 5.69 Å². The number of nitro benzene ring substituents is 1. The Bertz CT molecular complexity index is 742. The second-order valence-corrected chi connectivity index (χ2v) is 4.67. The van der Waals surface area contributed by atoms with Crippen molar-refractivity contribution in [1.29, 1.82) is 0 Å². The first-order valence-electron chi connectivity index (χ1n) is 7.06. The van der Waals surface area contributed by atoms with Crippen LogP contribution in [0, 0.1) is 10.1 Å². The van der Waals surface area contributed by atoms with E-state index in [1.54, 1.807) is 18.2 Å². The minimum absolute atomic E-state index is 0.101. The molecule has 24 heavy (non-hydrogen) atoms. The van der Waals surface area contributed by atoms with Gasteiger partial charge in [-0.15, -0.1) is 0 Å². The Morgan fingerprint density at radius 2 is 1.83 bits per heavy atom. The summed E-state index contributed by atoms with van der Waals surface area (Å²) < 4.78 is 10.8. The van der Waals surface area contributed by atoms with E-state index in [1.807, 2.05) is 18.2 Å². The highest BCUT2D eigenvalue weighted by molar-refractivity contribution is 5.85. The molecule has 0 atom stereocenters. The van der Waals surface area contributed by atoms with E-state index in [1.165, 1.54) is 18.2 Å². The Morgan fingerprint density at radius 1 is 1.12 bits per heavy atom. The molecular formula is C17H15NO6. The predicted molar refractivity (Wildman–Crippen MR) is 87.2 cm³/mol. The molecule has 2 aromatic rings. The number of benzene rings is 2. The number of para-hydroxylation sites is 1. The molecule has 0 aliphatic heterocycles. The molecule has 0 saturated heterocycles. The van der Waals surface area contributed by atoms with Crippen LogP contribution in [-0.4, -0.2) is 29.2 Å². The van der Waals surface area contributed by atoms with Gasteiger partial charge < -0.3 is 14.6 Å². The van der Waals surface area contributed by atoms with Crippen LogP contribution in [0.5, 0.6) is 11.5 Å². The van der Waals surface area contributed by atoms with Gasteiger partial charge in [0.15, 0.2) is 5.75 Å². The van der Waals surface area contributed by atoms with Crippen LogP contribution < -0.4 is 9.47 Å². The van der Waals surface area contributed by atoms with Crippen LogP contribution in [0.25, 0.3) is 6.08 Å². The Labute approximate surface area is 137 Å². The van der Waals surface area contributed by atoms with Crippen molar-refractivity contribution < 1.29 is 24.3 Å². The van der Waals surface area contributed by atoms with Crippen LogP contribution in [-0.2, 0) is 4.79 Å². The summed E-state index contributed by atoms with van der Waals surface area (Å²) in [6.07, 6.45) is 2.19. The lowest BCUT2D eigenvalue weighted by molar-refractivity contribution is -0.385. The molecule has 0 aliphatic carbocycles. The predicted octanol–water partition coefficient (Wildman–Crippen LogP) is 3.15. The van der Waals surface area contributed by atoms with Gasteiger partial charge in [0.05, 0.1) is 4.92 Å². The number of carboxylic acids is 1. The van der Waals surface area contributed by atoms with E-state index in [9.17, 15) is 14.9 Å². The van der Waals surface area contributed by atoms with Gasteiger partial charge in [-0.2, -0.15) is 0 Å². The van der Waals surface area contributed by atoms with E-state index < -0.39 is 10.9 Å². The highest BCUT2D eigenvalue weighted by atomic mass is 16.6. The molecule has 0 amide bonds. The summed E-state index contributed by atoms with van der Waals surface area (Å²) in [6, 6.07) is 13.4. The van der Waals surface area contributed by atoms with Crippen LogP contribution in [0.3, 0.4) is 0 Å². The maximum Gasteiger partial charge on any atom is 0.328 e. The minimum Gasteiger partial charge on any atom is -0.490 e. The molecule has 0 aromatic heterocycles. The van der Waals surface area contributed by atoms with Gasteiger partial charge in [0.2, 0.25) is 0 Å². The Kier molecular flexibility index (Phi) is 5.90. The lowest BCUT2D eigenvalue weighted by atomic mass is 10.1. The van der Waals surface area contributed by atoms with E-state index in [-0.39, 0.29) is 24.7 Å². The number of aliphatic carboxylic acids is 1. The molecule has 124 valence electrons. The third-order valence-corrected chi connectivity index (χ3v) is 2.95. The summed E-state index contributed by atoms with van der Waals surface area (Å²) in [5.41, 5.74) is 0.166. The summed E-state index contributed by atoms with van der Waals surface area (Å²) in [7, 11) is 0. The van der Waals surface area contributed by atoms with Gasteiger partial charge in [-0.05, 0) is 29.8 Å². The molecule has 7 nitrogen and oxygen atoms in total. The number of nitrogens with zero attached hydrogens (tertiary/aromatic N) is 1. The SMILES string of the molecule is O=C(O)/C=C\c1ccc(OCCOc2ccccc2)c([N+](=O)[O-])c1. The average Bonchev–Trinajstić information content (AvgIpc) is 2.58. The summed E-state index contributed by atoms with van der Waals surface area (Å²) in [5.74, 6) is -0.343. The fourth-order valence-electron chi connectivity index (χ4n) is 1.90. The third kappa shape index (κ3) is 5.13. The Balaban J connectivity index is 1.98. The van der Waals surface area contributed by atoms with Crippen molar-refractivity contribution >= 4 is 17.7 Å². The summed E-state index contributed by atoms with van der Waals surface area (Å²) in [6.45, 7) is 0.377. The Morgan fingerprint density at radius 3 is 2.50 bits per heavy atom. The molecule has 1 N–H and O–H groups in total. The molecule has 0 aliphatic rings. The standard InChI is InChI=1S/C17H15NO6/c19-17(20)9-7-13-6-8-16(15(12-13)18(21)22)24-11-10-23-14-4-2-1-3-5-14/h1-9,12H,10-11H2,(H,19,20)/b9-7-.